The molecule has 0 spiro atoms. The topological polar surface area (TPSA) is 98.9 Å². The lowest BCUT2D eigenvalue weighted by atomic mass is 9.78. The summed E-state index contributed by atoms with van der Waals surface area (Å²) in [5, 5.41) is 4.35. The van der Waals surface area contributed by atoms with Gasteiger partial charge in [-0.3, -0.25) is 0 Å². The number of rotatable bonds is 5. The average Bonchev–Trinajstić information content (AvgIpc) is 3.13. The van der Waals surface area contributed by atoms with Gasteiger partial charge in [0, 0.05) is 44.0 Å². The average molecular weight is 349 g/mol. The van der Waals surface area contributed by atoms with Gasteiger partial charge in [0.2, 0.25) is 5.95 Å². The third kappa shape index (κ3) is 3.25. The Bertz CT molecular complexity index is 885. The summed E-state index contributed by atoms with van der Waals surface area (Å²) in [5.74, 6) is 1.52. The van der Waals surface area contributed by atoms with Crippen LogP contribution in [0.15, 0.2) is 48.8 Å². The fraction of sp³-hybridized carbons (Fsp3) is 0.316. The third-order valence-corrected chi connectivity index (χ3v) is 4.88. The second-order valence-electron chi connectivity index (χ2n) is 6.87. The van der Waals surface area contributed by atoms with Crippen LogP contribution in [0.3, 0.4) is 0 Å². The first kappa shape index (κ1) is 16.5. The van der Waals surface area contributed by atoms with Crippen molar-refractivity contribution >= 4 is 11.8 Å². The lowest BCUT2D eigenvalue weighted by Gasteiger charge is -2.32. The lowest BCUT2D eigenvalue weighted by Crippen LogP contribution is -2.35. The molecule has 7 heteroatoms. The highest BCUT2D eigenvalue weighted by Gasteiger charge is 2.29. The van der Waals surface area contributed by atoms with Crippen molar-refractivity contribution in [2.75, 3.05) is 17.7 Å². The SMILES string of the molecule is CN(Cc1ccccc1-n1cccn1)c1cc(C2CC(N)C2)nc(N)n1. The van der Waals surface area contributed by atoms with Gasteiger partial charge in [-0.2, -0.15) is 10.1 Å². The van der Waals surface area contributed by atoms with Crippen LogP contribution in [0.1, 0.15) is 30.0 Å². The molecule has 1 saturated carbocycles. The van der Waals surface area contributed by atoms with Crippen LogP contribution < -0.4 is 16.4 Å². The van der Waals surface area contributed by atoms with Crippen LogP contribution in [0, 0.1) is 0 Å². The van der Waals surface area contributed by atoms with Crippen molar-refractivity contribution in [3.63, 3.8) is 0 Å². The second kappa shape index (κ2) is 6.76. The van der Waals surface area contributed by atoms with Crippen LogP contribution in [0.2, 0.25) is 0 Å². The van der Waals surface area contributed by atoms with Gasteiger partial charge in [0.1, 0.15) is 5.82 Å². The van der Waals surface area contributed by atoms with E-state index in [4.69, 9.17) is 11.5 Å². The maximum atomic E-state index is 5.95. The van der Waals surface area contributed by atoms with Gasteiger partial charge in [0.05, 0.1) is 11.4 Å². The van der Waals surface area contributed by atoms with Crippen molar-refractivity contribution < 1.29 is 0 Å². The minimum absolute atomic E-state index is 0.276. The highest BCUT2D eigenvalue weighted by molar-refractivity contribution is 5.48. The number of hydrogen-bond donors (Lipinski definition) is 2. The molecule has 4 rings (SSSR count). The zero-order valence-corrected chi connectivity index (χ0v) is 14.8. The summed E-state index contributed by atoms with van der Waals surface area (Å²) in [6.07, 6.45) is 5.64. The molecule has 0 saturated heterocycles. The standard InChI is InChI=1S/C19H23N7/c1-25(12-13-5-2-3-6-17(13)26-8-4-7-22-26)18-11-16(23-19(21)24-18)14-9-15(20)10-14/h2-8,11,14-15H,9-10,12,20H2,1H3,(H2,21,23,24). The van der Waals surface area contributed by atoms with E-state index in [9.17, 15) is 0 Å². The van der Waals surface area contributed by atoms with E-state index in [2.05, 4.69) is 32.1 Å². The first-order valence-corrected chi connectivity index (χ1v) is 8.79. The maximum Gasteiger partial charge on any atom is 0.222 e. The number of hydrogen-bond acceptors (Lipinski definition) is 6. The summed E-state index contributed by atoms with van der Waals surface area (Å²) in [6.45, 7) is 0.691. The Morgan fingerprint density at radius 2 is 2.00 bits per heavy atom. The Balaban J connectivity index is 1.59. The van der Waals surface area contributed by atoms with E-state index in [1.807, 2.05) is 42.2 Å². The molecule has 0 unspecified atom stereocenters. The molecule has 0 bridgehead atoms. The molecule has 2 heterocycles. The predicted molar refractivity (Wildman–Crippen MR) is 102 cm³/mol. The molecule has 26 heavy (non-hydrogen) atoms. The number of nitrogens with zero attached hydrogens (tertiary/aromatic N) is 5. The Morgan fingerprint density at radius 1 is 1.19 bits per heavy atom. The van der Waals surface area contributed by atoms with Crippen LogP contribution in [0.25, 0.3) is 5.69 Å². The van der Waals surface area contributed by atoms with Crippen LogP contribution in [0.5, 0.6) is 0 Å². The highest BCUT2D eigenvalue weighted by atomic mass is 15.3. The van der Waals surface area contributed by atoms with E-state index in [1.165, 1.54) is 0 Å². The number of benzene rings is 1. The smallest absolute Gasteiger partial charge is 0.222 e. The molecule has 7 nitrogen and oxygen atoms in total. The fourth-order valence-corrected chi connectivity index (χ4v) is 3.40. The highest BCUT2D eigenvalue weighted by Crippen LogP contribution is 2.36. The van der Waals surface area contributed by atoms with Crippen molar-refractivity contribution in [3.05, 3.63) is 60.0 Å². The van der Waals surface area contributed by atoms with E-state index in [1.54, 1.807) is 6.20 Å². The van der Waals surface area contributed by atoms with E-state index >= 15 is 0 Å². The number of nitrogens with two attached hydrogens (primary N) is 2. The van der Waals surface area contributed by atoms with Crippen LogP contribution in [-0.2, 0) is 6.54 Å². The summed E-state index contributed by atoms with van der Waals surface area (Å²) >= 11 is 0. The number of aromatic nitrogens is 4. The molecule has 1 aliphatic carbocycles. The normalized spacial score (nSPS) is 19.2. The Morgan fingerprint density at radius 3 is 2.73 bits per heavy atom. The van der Waals surface area contributed by atoms with E-state index < -0.39 is 0 Å². The minimum Gasteiger partial charge on any atom is -0.368 e. The third-order valence-electron chi connectivity index (χ3n) is 4.88. The first-order valence-electron chi connectivity index (χ1n) is 8.79. The zero-order chi connectivity index (χ0) is 18.1. The molecule has 1 fully saturated rings. The summed E-state index contributed by atoms with van der Waals surface area (Å²) in [4.78, 5) is 10.9. The van der Waals surface area contributed by atoms with Gasteiger partial charge in [-0.05, 0) is 30.5 Å². The van der Waals surface area contributed by atoms with Crippen molar-refractivity contribution in [1.82, 2.24) is 19.7 Å². The van der Waals surface area contributed by atoms with Crippen molar-refractivity contribution in [1.29, 1.82) is 0 Å². The molecule has 1 aliphatic rings. The molecular weight excluding hydrogens is 326 g/mol. The van der Waals surface area contributed by atoms with E-state index in [0.29, 0.717) is 18.4 Å². The molecular formula is C19H23N7. The van der Waals surface area contributed by atoms with Gasteiger partial charge in [0.25, 0.3) is 0 Å². The maximum absolute atomic E-state index is 5.95. The van der Waals surface area contributed by atoms with Crippen LogP contribution >= 0.6 is 0 Å². The minimum atomic E-state index is 0.276. The van der Waals surface area contributed by atoms with Gasteiger partial charge in [-0.25, -0.2) is 9.67 Å². The molecule has 1 aromatic carbocycles. The van der Waals surface area contributed by atoms with Crippen molar-refractivity contribution in [3.8, 4) is 5.69 Å². The molecule has 3 aromatic rings. The molecule has 0 radical (unpaired) electrons. The quantitative estimate of drug-likeness (QED) is 0.732. The Labute approximate surface area is 152 Å². The zero-order valence-electron chi connectivity index (χ0n) is 14.8. The van der Waals surface area contributed by atoms with E-state index in [0.717, 1.165) is 35.6 Å². The molecule has 2 aromatic heterocycles. The second-order valence-corrected chi connectivity index (χ2v) is 6.87. The van der Waals surface area contributed by atoms with Gasteiger partial charge < -0.3 is 16.4 Å². The molecule has 0 aliphatic heterocycles. The van der Waals surface area contributed by atoms with Crippen molar-refractivity contribution in [2.45, 2.75) is 31.3 Å². The molecule has 4 N–H and O–H groups in total. The van der Waals surface area contributed by atoms with Gasteiger partial charge in [-0.1, -0.05) is 18.2 Å². The number of para-hydroxylation sites is 1. The number of anilines is 2. The molecule has 134 valence electrons. The van der Waals surface area contributed by atoms with Crippen LogP contribution in [-0.4, -0.2) is 32.8 Å². The van der Waals surface area contributed by atoms with Gasteiger partial charge >= 0.3 is 0 Å². The summed E-state index contributed by atoms with van der Waals surface area (Å²) < 4.78 is 1.87. The predicted octanol–water partition coefficient (Wildman–Crippen LogP) is 2.09. The van der Waals surface area contributed by atoms with Gasteiger partial charge in [0.15, 0.2) is 0 Å². The largest absolute Gasteiger partial charge is 0.368 e. The number of nitrogen functional groups attached to an aromatic ring is 1. The molecule has 0 atom stereocenters. The summed E-state index contributed by atoms with van der Waals surface area (Å²) in [5.41, 5.74) is 15.1. The van der Waals surface area contributed by atoms with Gasteiger partial charge in [-0.15, -0.1) is 0 Å². The fourth-order valence-electron chi connectivity index (χ4n) is 3.40. The van der Waals surface area contributed by atoms with Crippen LogP contribution in [0.4, 0.5) is 11.8 Å². The van der Waals surface area contributed by atoms with E-state index in [-0.39, 0.29) is 6.04 Å². The first-order chi connectivity index (χ1) is 12.6. The Kier molecular flexibility index (Phi) is 4.30. The molecule has 0 amide bonds. The monoisotopic (exact) mass is 349 g/mol. The summed E-state index contributed by atoms with van der Waals surface area (Å²) in [6, 6.07) is 12.4. The van der Waals surface area contributed by atoms with Crippen molar-refractivity contribution in [2.24, 2.45) is 5.73 Å². The Hall–Kier alpha value is -2.93. The lowest BCUT2D eigenvalue weighted by molar-refractivity contribution is 0.345. The summed E-state index contributed by atoms with van der Waals surface area (Å²) in [7, 11) is 2.01.